The van der Waals surface area contributed by atoms with Gasteiger partial charge < -0.3 is 9.72 Å². The van der Waals surface area contributed by atoms with Crippen LogP contribution in [0.25, 0.3) is 10.9 Å². The lowest BCUT2D eigenvalue weighted by atomic mass is 10.1. The van der Waals surface area contributed by atoms with E-state index < -0.39 is 0 Å². The topological polar surface area (TPSA) is 58.2 Å². The number of hydrogen-bond donors (Lipinski definition) is 1. The first-order valence-corrected chi connectivity index (χ1v) is 9.75. The molecule has 0 radical (unpaired) electrons. The summed E-state index contributed by atoms with van der Waals surface area (Å²) in [5.74, 6) is 1.84. The summed E-state index contributed by atoms with van der Waals surface area (Å²) in [6.07, 6.45) is 4.19. The molecule has 1 N–H and O–H groups in total. The smallest absolute Gasteiger partial charge is 0.258 e. The first kappa shape index (κ1) is 16.5. The number of aromatic nitrogens is 2. The molecule has 2 aromatic carbocycles. The maximum atomic E-state index is 12.4. The van der Waals surface area contributed by atoms with Gasteiger partial charge in [-0.05, 0) is 55.1 Å². The molecule has 1 atom stereocenters. The highest BCUT2D eigenvalue weighted by Gasteiger charge is 2.28. The minimum Gasteiger partial charge on any atom is -0.493 e. The molecule has 0 bridgehead atoms. The molecule has 0 saturated carbocycles. The molecular weight excluding hydrogens is 338 g/mol. The zero-order valence-corrected chi connectivity index (χ0v) is 15.3. The molecule has 1 unspecified atom stereocenters. The zero-order chi connectivity index (χ0) is 18.2. The van der Waals surface area contributed by atoms with E-state index in [0.717, 1.165) is 62.5 Å². The number of likely N-dealkylation sites (tertiary alicyclic amines) is 1. The molecule has 2 aliphatic heterocycles. The molecule has 5 heteroatoms. The fourth-order valence-corrected chi connectivity index (χ4v) is 4.33. The highest BCUT2D eigenvalue weighted by molar-refractivity contribution is 5.77. The fraction of sp³-hybridized carbons (Fsp3) is 0.364. The standard InChI is InChI=1S/C22H23N3O2/c26-22-17-4-1-2-5-18(17)23-21(24-22)19-6-3-11-25(19)12-9-15-7-8-20-16(14-15)10-13-27-20/h1-2,4-5,7-8,14,19H,3,6,9-13H2,(H,23,24,26). The monoisotopic (exact) mass is 361 g/mol. The molecule has 3 aromatic rings. The number of rotatable bonds is 4. The van der Waals surface area contributed by atoms with Gasteiger partial charge in [-0.25, -0.2) is 4.98 Å². The van der Waals surface area contributed by atoms with Crippen molar-refractivity contribution in [2.75, 3.05) is 19.7 Å². The Balaban J connectivity index is 1.35. The van der Waals surface area contributed by atoms with Gasteiger partial charge in [-0.2, -0.15) is 0 Å². The SMILES string of the molecule is O=c1[nH]c(C2CCCN2CCc2ccc3c(c2)CCO3)nc2ccccc12. The van der Waals surface area contributed by atoms with Gasteiger partial charge in [-0.3, -0.25) is 9.69 Å². The van der Waals surface area contributed by atoms with Gasteiger partial charge in [0.05, 0.1) is 23.6 Å². The lowest BCUT2D eigenvalue weighted by Crippen LogP contribution is -2.28. The van der Waals surface area contributed by atoms with Gasteiger partial charge in [-0.15, -0.1) is 0 Å². The van der Waals surface area contributed by atoms with Crippen molar-refractivity contribution in [3.8, 4) is 5.75 Å². The number of aromatic amines is 1. The first-order valence-electron chi connectivity index (χ1n) is 9.75. The van der Waals surface area contributed by atoms with E-state index >= 15 is 0 Å². The number of nitrogens with zero attached hydrogens (tertiary/aromatic N) is 2. The minimum absolute atomic E-state index is 0.0407. The van der Waals surface area contributed by atoms with Crippen molar-refractivity contribution >= 4 is 10.9 Å². The summed E-state index contributed by atoms with van der Waals surface area (Å²) in [5, 5.41) is 0.658. The fourth-order valence-electron chi connectivity index (χ4n) is 4.33. The molecule has 5 nitrogen and oxygen atoms in total. The van der Waals surface area contributed by atoms with Gasteiger partial charge in [0.1, 0.15) is 11.6 Å². The van der Waals surface area contributed by atoms with Gasteiger partial charge >= 0.3 is 0 Å². The average Bonchev–Trinajstić information content (AvgIpc) is 3.35. The summed E-state index contributed by atoms with van der Waals surface area (Å²) in [5.41, 5.74) is 3.42. The highest BCUT2D eigenvalue weighted by atomic mass is 16.5. The number of nitrogens with one attached hydrogen (secondary N) is 1. The molecule has 1 saturated heterocycles. The molecule has 3 heterocycles. The predicted molar refractivity (Wildman–Crippen MR) is 105 cm³/mol. The summed E-state index contributed by atoms with van der Waals surface area (Å²) in [6.45, 7) is 2.82. The third kappa shape index (κ3) is 3.12. The van der Waals surface area contributed by atoms with E-state index in [2.05, 4.69) is 28.1 Å². The van der Waals surface area contributed by atoms with Gasteiger partial charge in [0.15, 0.2) is 0 Å². The lowest BCUT2D eigenvalue weighted by molar-refractivity contribution is 0.251. The maximum absolute atomic E-state index is 12.4. The van der Waals surface area contributed by atoms with Crippen LogP contribution >= 0.6 is 0 Å². The molecule has 0 aliphatic carbocycles. The van der Waals surface area contributed by atoms with Crippen LogP contribution in [0, 0.1) is 0 Å². The van der Waals surface area contributed by atoms with E-state index in [4.69, 9.17) is 9.72 Å². The molecule has 5 rings (SSSR count). The number of fused-ring (bicyclic) bond motifs is 2. The third-order valence-corrected chi connectivity index (χ3v) is 5.75. The van der Waals surface area contributed by atoms with Crippen LogP contribution < -0.4 is 10.3 Å². The quantitative estimate of drug-likeness (QED) is 0.775. The van der Waals surface area contributed by atoms with E-state index in [9.17, 15) is 4.79 Å². The van der Waals surface area contributed by atoms with E-state index in [1.54, 1.807) is 0 Å². The van der Waals surface area contributed by atoms with Crippen LogP contribution in [0.15, 0.2) is 47.3 Å². The summed E-state index contributed by atoms with van der Waals surface area (Å²) in [4.78, 5) is 22.7. The van der Waals surface area contributed by atoms with Crippen LogP contribution in [-0.4, -0.2) is 34.6 Å². The Hall–Kier alpha value is -2.66. The van der Waals surface area contributed by atoms with Crippen molar-refractivity contribution < 1.29 is 4.74 Å². The molecule has 2 aliphatic rings. The van der Waals surface area contributed by atoms with Crippen molar-refractivity contribution in [2.45, 2.75) is 31.7 Å². The molecule has 27 heavy (non-hydrogen) atoms. The summed E-state index contributed by atoms with van der Waals surface area (Å²) in [7, 11) is 0. The number of para-hydroxylation sites is 1. The van der Waals surface area contributed by atoms with Crippen molar-refractivity contribution in [3.05, 3.63) is 69.8 Å². The second-order valence-electron chi connectivity index (χ2n) is 7.45. The zero-order valence-electron chi connectivity index (χ0n) is 15.3. The van der Waals surface area contributed by atoms with E-state index in [-0.39, 0.29) is 11.6 Å². The normalized spacial score (nSPS) is 19.3. The molecule has 1 aromatic heterocycles. The van der Waals surface area contributed by atoms with Gasteiger partial charge in [-0.1, -0.05) is 24.3 Å². The highest BCUT2D eigenvalue weighted by Crippen LogP contribution is 2.31. The van der Waals surface area contributed by atoms with Gasteiger partial charge in [0, 0.05) is 13.0 Å². The van der Waals surface area contributed by atoms with Crippen LogP contribution in [0.5, 0.6) is 5.75 Å². The minimum atomic E-state index is -0.0407. The third-order valence-electron chi connectivity index (χ3n) is 5.75. The number of benzene rings is 2. The molecule has 1 fully saturated rings. The Bertz CT molecular complexity index is 1040. The second kappa shape index (κ2) is 6.82. The average molecular weight is 361 g/mol. The molecule has 0 spiro atoms. The van der Waals surface area contributed by atoms with E-state index in [1.165, 1.54) is 11.1 Å². The largest absolute Gasteiger partial charge is 0.493 e. The number of H-pyrrole nitrogens is 1. The summed E-state index contributed by atoms with van der Waals surface area (Å²) in [6, 6.07) is 14.3. The Morgan fingerprint density at radius 1 is 1.22 bits per heavy atom. The Labute approximate surface area is 158 Å². The summed E-state index contributed by atoms with van der Waals surface area (Å²) >= 11 is 0. The molecular formula is C22H23N3O2. The maximum Gasteiger partial charge on any atom is 0.258 e. The first-order chi connectivity index (χ1) is 13.3. The van der Waals surface area contributed by atoms with Crippen LogP contribution in [-0.2, 0) is 12.8 Å². The Morgan fingerprint density at radius 2 is 2.15 bits per heavy atom. The predicted octanol–water partition coefficient (Wildman–Crippen LogP) is 3.24. The second-order valence-corrected chi connectivity index (χ2v) is 7.45. The summed E-state index contributed by atoms with van der Waals surface area (Å²) < 4.78 is 5.60. The van der Waals surface area contributed by atoms with Crippen molar-refractivity contribution in [1.29, 1.82) is 0 Å². The van der Waals surface area contributed by atoms with Crippen molar-refractivity contribution in [1.82, 2.24) is 14.9 Å². The van der Waals surface area contributed by atoms with E-state index in [0.29, 0.717) is 5.39 Å². The Kier molecular flexibility index (Phi) is 4.17. The van der Waals surface area contributed by atoms with Crippen molar-refractivity contribution in [3.63, 3.8) is 0 Å². The van der Waals surface area contributed by atoms with Gasteiger partial charge in [0.25, 0.3) is 5.56 Å². The Morgan fingerprint density at radius 3 is 3.11 bits per heavy atom. The van der Waals surface area contributed by atoms with Crippen molar-refractivity contribution in [2.24, 2.45) is 0 Å². The van der Waals surface area contributed by atoms with E-state index in [1.807, 2.05) is 24.3 Å². The molecule has 0 amide bonds. The molecule has 138 valence electrons. The van der Waals surface area contributed by atoms with Gasteiger partial charge in [0.2, 0.25) is 0 Å². The number of hydrogen-bond acceptors (Lipinski definition) is 4. The number of ether oxygens (including phenoxy) is 1. The van der Waals surface area contributed by atoms with Crippen LogP contribution in [0.3, 0.4) is 0 Å². The van der Waals surface area contributed by atoms with Crippen LogP contribution in [0.2, 0.25) is 0 Å². The lowest BCUT2D eigenvalue weighted by Gasteiger charge is -2.24. The van der Waals surface area contributed by atoms with Crippen LogP contribution in [0.4, 0.5) is 0 Å². The van der Waals surface area contributed by atoms with Crippen LogP contribution in [0.1, 0.15) is 35.8 Å².